The lowest BCUT2D eigenvalue weighted by Crippen LogP contribution is -2.48. The van der Waals surface area contributed by atoms with Crippen LogP contribution in [0.25, 0.3) is 0 Å². The molecule has 0 aromatic rings. The number of ether oxygens (including phenoxy) is 1. The Morgan fingerprint density at radius 1 is 1.56 bits per heavy atom. The van der Waals surface area contributed by atoms with Gasteiger partial charge in [-0.25, -0.2) is 4.79 Å². The largest absolute Gasteiger partial charge is 0.480 e. The molecular weight excluding hydrogens is 210 g/mol. The molecule has 1 aliphatic rings. The van der Waals surface area contributed by atoms with E-state index in [2.05, 4.69) is 5.32 Å². The molecular formula is C11H19NO4. The van der Waals surface area contributed by atoms with Crippen LogP contribution < -0.4 is 5.32 Å². The Labute approximate surface area is 95.2 Å². The fraction of sp³-hybridized carbons (Fsp3) is 0.818. The summed E-state index contributed by atoms with van der Waals surface area (Å²) in [6, 6.07) is -0.818. The minimum absolute atomic E-state index is 0.0807. The van der Waals surface area contributed by atoms with Crippen molar-refractivity contribution >= 4 is 11.9 Å². The predicted octanol–water partition coefficient (Wildman–Crippen LogP) is 0.781. The first-order chi connectivity index (χ1) is 7.56. The molecule has 0 bridgehead atoms. The molecule has 92 valence electrons. The van der Waals surface area contributed by atoms with Gasteiger partial charge in [0.1, 0.15) is 12.1 Å². The van der Waals surface area contributed by atoms with Gasteiger partial charge in [-0.15, -0.1) is 0 Å². The summed E-state index contributed by atoms with van der Waals surface area (Å²) in [7, 11) is 0. The van der Waals surface area contributed by atoms with E-state index < -0.39 is 18.1 Å². The number of carbonyl (C=O) groups is 2. The summed E-state index contributed by atoms with van der Waals surface area (Å²) in [5.74, 6) is -1.37. The van der Waals surface area contributed by atoms with Gasteiger partial charge in [0.05, 0.1) is 0 Å². The smallest absolute Gasteiger partial charge is 0.326 e. The Morgan fingerprint density at radius 3 is 2.69 bits per heavy atom. The van der Waals surface area contributed by atoms with Gasteiger partial charge >= 0.3 is 5.97 Å². The highest BCUT2D eigenvalue weighted by atomic mass is 16.5. The van der Waals surface area contributed by atoms with E-state index in [1.165, 1.54) is 0 Å². The van der Waals surface area contributed by atoms with Crippen molar-refractivity contribution in [1.82, 2.24) is 5.32 Å². The topological polar surface area (TPSA) is 75.6 Å². The molecule has 2 unspecified atom stereocenters. The summed E-state index contributed by atoms with van der Waals surface area (Å²) in [6.45, 7) is 4.30. The highest BCUT2D eigenvalue weighted by Crippen LogP contribution is 2.14. The average Bonchev–Trinajstić information content (AvgIpc) is 2.77. The number of carboxylic acid groups (broad SMARTS) is 1. The predicted molar refractivity (Wildman–Crippen MR) is 58.0 cm³/mol. The molecule has 16 heavy (non-hydrogen) atoms. The summed E-state index contributed by atoms with van der Waals surface area (Å²) in [5.41, 5.74) is 0. The molecule has 0 saturated carbocycles. The Balaban J connectivity index is 2.53. The highest BCUT2D eigenvalue weighted by Gasteiger charge is 2.30. The van der Waals surface area contributed by atoms with Gasteiger partial charge in [0.25, 0.3) is 0 Å². The standard InChI is InChI=1S/C11H19NO4/c1-3-7(2)9(11(14)15)12-10(13)8-5-4-6-16-8/h7-9H,3-6H2,1-2H3,(H,12,13)(H,14,15)/t7?,8?,9-/m0/s1. The molecule has 1 aliphatic heterocycles. The number of carbonyl (C=O) groups excluding carboxylic acids is 1. The lowest BCUT2D eigenvalue weighted by atomic mass is 9.99. The van der Waals surface area contributed by atoms with Crippen molar-refractivity contribution in [2.75, 3.05) is 6.61 Å². The third-order valence-corrected chi connectivity index (χ3v) is 3.00. The molecule has 0 radical (unpaired) electrons. The molecule has 1 rings (SSSR count). The fourth-order valence-corrected chi connectivity index (χ4v) is 1.71. The lowest BCUT2D eigenvalue weighted by molar-refractivity contribution is -0.145. The van der Waals surface area contributed by atoms with E-state index in [0.717, 1.165) is 6.42 Å². The minimum Gasteiger partial charge on any atom is -0.480 e. The van der Waals surface area contributed by atoms with Crippen molar-refractivity contribution in [2.24, 2.45) is 5.92 Å². The van der Waals surface area contributed by atoms with Crippen LogP contribution in [-0.4, -0.2) is 35.7 Å². The van der Waals surface area contributed by atoms with E-state index in [4.69, 9.17) is 9.84 Å². The number of hydrogen-bond acceptors (Lipinski definition) is 3. The van der Waals surface area contributed by atoms with Crippen LogP contribution in [0.1, 0.15) is 33.1 Å². The van der Waals surface area contributed by atoms with E-state index in [0.29, 0.717) is 19.4 Å². The molecule has 2 N–H and O–H groups in total. The van der Waals surface area contributed by atoms with Gasteiger partial charge < -0.3 is 15.2 Å². The van der Waals surface area contributed by atoms with Gasteiger partial charge in [-0.05, 0) is 18.8 Å². The second-order valence-corrected chi connectivity index (χ2v) is 4.21. The summed E-state index contributed by atoms with van der Waals surface area (Å²) in [6.07, 6.45) is 1.78. The van der Waals surface area contributed by atoms with Crippen LogP contribution in [0.3, 0.4) is 0 Å². The Kier molecular flexibility index (Phi) is 4.73. The van der Waals surface area contributed by atoms with Crippen LogP contribution in [0.15, 0.2) is 0 Å². The molecule has 0 aliphatic carbocycles. The Morgan fingerprint density at radius 2 is 2.25 bits per heavy atom. The summed E-state index contributed by atoms with van der Waals surface area (Å²) in [5, 5.41) is 11.6. The number of carboxylic acids is 1. The molecule has 0 aromatic carbocycles. The zero-order valence-electron chi connectivity index (χ0n) is 9.73. The first kappa shape index (κ1) is 13.0. The van der Waals surface area contributed by atoms with E-state index in [1.54, 1.807) is 0 Å². The van der Waals surface area contributed by atoms with E-state index in [9.17, 15) is 9.59 Å². The number of amides is 1. The monoisotopic (exact) mass is 229 g/mol. The molecule has 1 amide bonds. The number of rotatable bonds is 5. The fourth-order valence-electron chi connectivity index (χ4n) is 1.71. The van der Waals surface area contributed by atoms with E-state index in [1.807, 2.05) is 13.8 Å². The Hall–Kier alpha value is -1.10. The number of hydrogen-bond donors (Lipinski definition) is 2. The van der Waals surface area contributed by atoms with E-state index >= 15 is 0 Å². The van der Waals surface area contributed by atoms with Crippen molar-refractivity contribution in [3.63, 3.8) is 0 Å². The Bertz CT molecular complexity index is 261. The first-order valence-electron chi connectivity index (χ1n) is 5.71. The number of nitrogens with one attached hydrogen (secondary N) is 1. The molecule has 1 fully saturated rings. The van der Waals surface area contributed by atoms with Crippen LogP contribution in [0, 0.1) is 5.92 Å². The van der Waals surface area contributed by atoms with Crippen LogP contribution in [0.2, 0.25) is 0 Å². The quantitative estimate of drug-likeness (QED) is 0.730. The first-order valence-corrected chi connectivity index (χ1v) is 5.71. The van der Waals surface area contributed by atoms with Gasteiger partial charge in [-0.1, -0.05) is 20.3 Å². The van der Waals surface area contributed by atoms with Crippen LogP contribution in [-0.2, 0) is 14.3 Å². The van der Waals surface area contributed by atoms with Crippen molar-refractivity contribution in [3.8, 4) is 0 Å². The molecule has 0 spiro atoms. The maximum atomic E-state index is 11.7. The molecule has 1 saturated heterocycles. The van der Waals surface area contributed by atoms with Crippen molar-refractivity contribution in [3.05, 3.63) is 0 Å². The van der Waals surface area contributed by atoms with Crippen molar-refractivity contribution in [1.29, 1.82) is 0 Å². The molecule has 1 heterocycles. The van der Waals surface area contributed by atoms with Gasteiger partial charge in [-0.2, -0.15) is 0 Å². The van der Waals surface area contributed by atoms with Crippen molar-refractivity contribution < 1.29 is 19.4 Å². The zero-order valence-corrected chi connectivity index (χ0v) is 9.73. The summed E-state index contributed by atoms with van der Waals surface area (Å²) in [4.78, 5) is 22.7. The molecule has 3 atom stereocenters. The van der Waals surface area contributed by atoms with Crippen LogP contribution in [0.5, 0.6) is 0 Å². The molecule has 5 heteroatoms. The molecule has 5 nitrogen and oxygen atoms in total. The SMILES string of the molecule is CCC(C)[C@H](NC(=O)C1CCCO1)C(=O)O. The maximum absolute atomic E-state index is 11.7. The van der Waals surface area contributed by atoms with Crippen LogP contribution in [0.4, 0.5) is 0 Å². The zero-order chi connectivity index (χ0) is 12.1. The van der Waals surface area contributed by atoms with Gasteiger partial charge in [0.15, 0.2) is 0 Å². The van der Waals surface area contributed by atoms with Gasteiger partial charge in [-0.3, -0.25) is 4.79 Å². The summed E-state index contributed by atoms with van der Waals surface area (Å²) < 4.78 is 5.20. The maximum Gasteiger partial charge on any atom is 0.326 e. The van der Waals surface area contributed by atoms with Crippen molar-refractivity contribution in [2.45, 2.75) is 45.3 Å². The van der Waals surface area contributed by atoms with Gasteiger partial charge in [0, 0.05) is 6.61 Å². The third-order valence-electron chi connectivity index (χ3n) is 3.00. The highest BCUT2D eigenvalue weighted by molar-refractivity contribution is 5.86. The lowest BCUT2D eigenvalue weighted by Gasteiger charge is -2.21. The minimum atomic E-state index is -0.985. The second-order valence-electron chi connectivity index (χ2n) is 4.21. The second kappa shape index (κ2) is 5.84. The summed E-state index contributed by atoms with van der Waals surface area (Å²) >= 11 is 0. The molecule has 0 aromatic heterocycles. The van der Waals surface area contributed by atoms with Crippen LogP contribution >= 0.6 is 0 Å². The normalized spacial score (nSPS) is 23.8. The number of aliphatic carboxylic acids is 1. The third kappa shape index (κ3) is 3.20. The van der Waals surface area contributed by atoms with Gasteiger partial charge in [0.2, 0.25) is 5.91 Å². The van der Waals surface area contributed by atoms with E-state index in [-0.39, 0.29) is 11.8 Å². The average molecular weight is 229 g/mol.